The van der Waals surface area contributed by atoms with Gasteiger partial charge >= 0.3 is 0 Å². The van der Waals surface area contributed by atoms with E-state index < -0.39 is 4.92 Å². The zero-order valence-corrected chi connectivity index (χ0v) is 8.78. The summed E-state index contributed by atoms with van der Waals surface area (Å²) in [6.07, 6.45) is 1.27. The highest BCUT2D eigenvalue weighted by Crippen LogP contribution is 2.23. The topological polar surface area (TPSA) is 66.9 Å². The van der Waals surface area contributed by atoms with Gasteiger partial charge in [-0.1, -0.05) is 13.8 Å². The highest BCUT2D eigenvalue weighted by molar-refractivity contribution is 5.51. The summed E-state index contributed by atoms with van der Waals surface area (Å²) in [6.45, 7) is 3.78. The molecule has 0 aliphatic carbocycles. The van der Waals surface area contributed by atoms with E-state index in [4.69, 9.17) is 5.26 Å². The highest BCUT2D eigenvalue weighted by atomic mass is 16.6. The molecule has 0 unspecified atom stereocenters. The summed E-state index contributed by atoms with van der Waals surface area (Å²) in [4.78, 5) is 10.2. The molecule has 0 radical (unpaired) electrons. The SMILES string of the molecule is CCc1cc([N+](=O)[O-])cc(CC)c1C#N. The molecular formula is C11H12N2O2. The average Bonchev–Trinajstić information content (AvgIpc) is 2.26. The Morgan fingerprint density at radius 1 is 1.33 bits per heavy atom. The summed E-state index contributed by atoms with van der Waals surface area (Å²) in [5.74, 6) is 0. The molecule has 0 aliphatic rings. The van der Waals surface area contributed by atoms with Crippen molar-refractivity contribution in [3.05, 3.63) is 38.9 Å². The fourth-order valence-corrected chi connectivity index (χ4v) is 1.56. The number of nitro groups is 1. The summed E-state index contributed by atoms with van der Waals surface area (Å²) in [6, 6.07) is 5.08. The highest BCUT2D eigenvalue weighted by Gasteiger charge is 2.14. The van der Waals surface area contributed by atoms with Gasteiger partial charge in [0.1, 0.15) is 0 Å². The smallest absolute Gasteiger partial charge is 0.258 e. The monoisotopic (exact) mass is 204 g/mol. The van der Waals surface area contributed by atoms with Crippen LogP contribution in [0.1, 0.15) is 30.5 Å². The van der Waals surface area contributed by atoms with Crippen LogP contribution in [0.25, 0.3) is 0 Å². The van der Waals surface area contributed by atoms with Crippen LogP contribution in [0.15, 0.2) is 12.1 Å². The molecule has 0 bridgehead atoms. The third kappa shape index (κ3) is 2.13. The minimum absolute atomic E-state index is 0.0719. The molecular weight excluding hydrogens is 192 g/mol. The molecule has 4 nitrogen and oxygen atoms in total. The molecule has 4 heteroatoms. The summed E-state index contributed by atoms with van der Waals surface area (Å²) >= 11 is 0. The summed E-state index contributed by atoms with van der Waals surface area (Å²) < 4.78 is 0. The lowest BCUT2D eigenvalue weighted by molar-refractivity contribution is -0.385. The normalized spacial score (nSPS) is 9.67. The minimum Gasteiger partial charge on any atom is -0.258 e. The Kier molecular flexibility index (Phi) is 3.40. The maximum atomic E-state index is 10.7. The maximum absolute atomic E-state index is 10.7. The minimum atomic E-state index is -0.417. The van der Waals surface area contributed by atoms with E-state index in [0.717, 1.165) is 11.1 Å². The molecule has 1 rings (SSSR count). The molecule has 0 aromatic heterocycles. The van der Waals surface area contributed by atoms with Crippen molar-refractivity contribution in [1.82, 2.24) is 0 Å². The van der Waals surface area contributed by atoms with Crippen LogP contribution in [0, 0.1) is 21.4 Å². The van der Waals surface area contributed by atoms with Gasteiger partial charge in [0, 0.05) is 12.1 Å². The zero-order valence-electron chi connectivity index (χ0n) is 8.78. The number of rotatable bonds is 3. The van der Waals surface area contributed by atoms with Gasteiger partial charge < -0.3 is 0 Å². The van der Waals surface area contributed by atoms with Crippen LogP contribution in [0.2, 0.25) is 0 Å². The first kappa shape index (κ1) is 11.2. The molecule has 0 heterocycles. The van der Waals surface area contributed by atoms with E-state index in [2.05, 4.69) is 6.07 Å². The summed E-state index contributed by atoms with van der Waals surface area (Å²) in [5.41, 5.74) is 2.17. The predicted octanol–water partition coefficient (Wildman–Crippen LogP) is 2.59. The third-order valence-corrected chi connectivity index (χ3v) is 2.37. The lowest BCUT2D eigenvalue weighted by Crippen LogP contribution is -1.98. The van der Waals surface area contributed by atoms with Gasteiger partial charge in [-0.3, -0.25) is 10.1 Å². The second kappa shape index (κ2) is 4.56. The van der Waals surface area contributed by atoms with Gasteiger partial charge in [-0.25, -0.2) is 0 Å². The van der Waals surface area contributed by atoms with Crippen LogP contribution in [0.5, 0.6) is 0 Å². The van der Waals surface area contributed by atoms with E-state index >= 15 is 0 Å². The van der Waals surface area contributed by atoms with Crippen molar-refractivity contribution in [2.45, 2.75) is 26.7 Å². The van der Waals surface area contributed by atoms with Crippen LogP contribution in [0.3, 0.4) is 0 Å². The molecule has 0 spiro atoms. The van der Waals surface area contributed by atoms with Gasteiger partial charge in [-0.2, -0.15) is 5.26 Å². The Balaban J connectivity index is 3.44. The standard InChI is InChI=1S/C11H12N2O2/c1-3-8-5-10(13(14)15)6-9(4-2)11(8)7-12/h5-6H,3-4H2,1-2H3. The van der Waals surface area contributed by atoms with Crippen molar-refractivity contribution in [1.29, 1.82) is 5.26 Å². The molecule has 1 aromatic carbocycles. The van der Waals surface area contributed by atoms with Gasteiger partial charge in [0.15, 0.2) is 0 Å². The molecule has 0 aliphatic heterocycles. The van der Waals surface area contributed by atoms with Crippen LogP contribution in [-0.4, -0.2) is 4.92 Å². The Hall–Kier alpha value is -1.89. The third-order valence-electron chi connectivity index (χ3n) is 2.37. The van der Waals surface area contributed by atoms with Crippen LogP contribution >= 0.6 is 0 Å². The van der Waals surface area contributed by atoms with Crippen LogP contribution in [-0.2, 0) is 12.8 Å². The Labute approximate surface area is 88.3 Å². The average molecular weight is 204 g/mol. The van der Waals surface area contributed by atoms with E-state index in [1.807, 2.05) is 13.8 Å². The number of hydrogen-bond donors (Lipinski definition) is 0. The van der Waals surface area contributed by atoms with Gasteiger partial charge in [-0.05, 0) is 24.0 Å². The maximum Gasteiger partial charge on any atom is 0.270 e. The molecule has 0 saturated carbocycles. The van der Waals surface area contributed by atoms with Crippen molar-refractivity contribution in [2.75, 3.05) is 0 Å². The fraction of sp³-hybridized carbons (Fsp3) is 0.364. The molecule has 0 atom stereocenters. The summed E-state index contributed by atoms with van der Waals surface area (Å²) in [7, 11) is 0. The Bertz CT molecular complexity index is 408. The fourth-order valence-electron chi connectivity index (χ4n) is 1.56. The largest absolute Gasteiger partial charge is 0.270 e. The number of benzene rings is 1. The van der Waals surface area contributed by atoms with Crippen molar-refractivity contribution in [2.24, 2.45) is 0 Å². The zero-order chi connectivity index (χ0) is 11.4. The first-order chi connectivity index (χ1) is 7.13. The second-order valence-corrected chi connectivity index (χ2v) is 3.22. The van der Waals surface area contributed by atoms with Crippen molar-refractivity contribution in [3.63, 3.8) is 0 Å². The second-order valence-electron chi connectivity index (χ2n) is 3.22. The van der Waals surface area contributed by atoms with Gasteiger partial charge in [0.2, 0.25) is 0 Å². The van der Waals surface area contributed by atoms with E-state index in [-0.39, 0.29) is 5.69 Å². The van der Waals surface area contributed by atoms with E-state index in [0.29, 0.717) is 18.4 Å². The van der Waals surface area contributed by atoms with Crippen molar-refractivity contribution in [3.8, 4) is 6.07 Å². The predicted molar refractivity (Wildman–Crippen MR) is 56.6 cm³/mol. The van der Waals surface area contributed by atoms with Crippen LogP contribution < -0.4 is 0 Å². The van der Waals surface area contributed by atoms with Gasteiger partial charge in [0.05, 0.1) is 16.6 Å². The number of aryl methyl sites for hydroxylation is 2. The number of nitrogens with zero attached hydrogens (tertiary/aromatic N) is 2. The van der Waals surface area contributed by atoms with Gasteiger partial charge in [-0.15, -0.1) is 0 Å². The summed E-state index contributed by atoms with van der Waals surface area (Å²) in [5, 5.41) is 19.6. The molecule has 15 heavy (non-hydrogen) atoms. The van der Waals surface area contributed by atoms with E-state index in [1.54, 1.807) is 0 Å². The van der Waals surface area contributed by atoms with Crippen molar-refractivity contribution < 1.29 is 4.92 Å². The number of nitro benzene ring substituents is 1. The molecule has 0 saturated heterocycles. The molecule has 1 aromatic rings. The molecule has 0 amide bonds. The van der Waals surface area contributed by atoms with E-state index in [1.165, 1.54) is 12.1 Å². The van der Waals surface area contributed by atoms with Crippen LogP contribution in [0.4, 0.5) is 5.69 Å². The number of hydrogen-bond acceptors (Lipinski definition) is 3. The lowest BCUT2D eigenvalue weighted by Gasteiger charge is -2.05. The van der Waals surface area contributed by atoms with E-state index in [9.17, 15) is 10.1 Å². The molecule has 78 valence electrons. The Morgan fingerprint density at radius 3 is 2.07 bits per heavy atom. The molecule has 0 N–H and O–H groups in total. The molecule has 0 fully saturated rings. The van der Waals surface area contributed by atoms with Crippen molar-refractivity contribution >= 4 is 5.69 Å². The van der Waals surface area contributed by atoms with Gasteiger partial charge in [0.25, 0.3) is 5.69 Å². The quantitative estimate of drug-likeness (QED) is 0.561. The Morgan fingerprint density at radius 2 is 1.80 bits per heavy atom. The first-order valence-corrected chi connectivity index (χ1v) is 4.84. The lowest BCUT2D eigenvalue weighted by atomic mass is 9.97. The number of non-ortho nitro benzene ring substituents is 1. The first-order valence-electron chi connectivity index (χ1n) is 4.84. The number of nitriles is 1.